The molecular formula is C15H14O. The molecule has 1 aliphatic carbocycles. The first-order valence-corrected chi connectivity index (χ1v) is 5.65. The molecule has 0 saturated heterocycles. The highest BCUT2D eigenvalue weighted by Crippen LogP contribution is 2.37. The van der Waals surface area contributed by atoms with Crippen molar-refractivity contribution >= 4 is 0 Å². The zero-order valence-corrected chi connectivity index (χ0v) is 9.27. The molecule has 0 radical (unpaired) electrons. The Morgan fingerprint density at radius 2 is 1.75 bits per heavy atom. The third-order valence-electron chi connectivity index (χ3n) is 3.30. The first kappa shape index (κ1) is 9.61. The number of hydrogen-bond acceptors (Lipinski definition) is 1. The summed E-state index contributed by atoms with van der Waals surface area (Å²) in [5.41, 5.74) is 6.39. The van der Waals surface area contributed by atoms with Gasteiger partial charge in [0.15, 0.2) is 0 Å². The predicted molar refractivity (Wildman–Crippen MR) is 65.3 cm³/mol. The number of aliphatic hydroxyl groups excluding tert-OH is 1. The van der Waals surface area contributed by atoms with Crippen molar-refractivity contribution in [3.05, 3.63) is 59.2 Å². The molecule has 1 heteroatoms. The molecule has 0 spiro atoms. The van der Waals surface area contributed by atoms with Gasteiger partial charge in [-0.3, -0.25) is 0 Å². The van der Waals surface area contributed by atoms with Crippen LogP contribution in [0.4, 0.5) is 0 Å². The highest BCUT2D eigenvalue weighted by molar-refractivity contribution is 5.76. The van der Waals surface area contributed by atoms with Gasteiger partial charge in [0.2, 0.25) is 0 Å². The molecule has 0 heterocycles. The maximum Gasteiger partial charge on any atom is 0.0762 e. The van der Waals surface area contributed by atoms with Crippen LogP contribution in [0.5, 0.6) is 0 Å². The van der Waals surface area contributed by atoms with Gasteiger partial charge in [0.25, 0.3) is 0 Å². The summed E-state index contributed by atoms with van der Waals surface area (Å²) >= 11 is 0. The molecule has 16 heavy (non-hydrogen) atoms. The van der Waals surface area contributed by atoms with Crippen LogP contribution in [0.3, 0.4) is 0 Å². The van der Waals surface area contributed by atoms with Crippen molar-refractivity contribution in [2.45, 2.75) is 19.4 Å². The predicted octanol–water partition coefficient (Wildman–Crippen LogP) is 3.31. The molecule has 1 nitrogen and oxygen atoms in total. The highest BCUT2D eigenvalue weighted by atomic mass is 16.3. The largest absolute Gasteiger partial charge is 0.389 e. The maximum atomic E-state index is 9.57. The van der Waals surface area contributed by atoms with Gasteiger partial charge in [-0.2, -0.15) is 0 Å². The Morgan fingerprint density at radius 3 is 2.56 bits per heavy atom. The van der Waals surface area contributed by atoms with E-state index in [0.717, 1.165) is 12.0 Å². The van der Waals surface area contributed by atoms with E-state index in [-0.39, 0.29) is 6.10 Å². The molecular weight excluding hydrogens is 196 g/mol. The van der Waals surface area contributed by atoms with Gasteiger partial charge in [0.05, 0.1) is 6.10 Å². The van der Waals surface area contributed by atoms with Crippen LogP contribution < -0.4 is 0 Å². The third kappa shape index (κ3) is 1.36. The summed E-state index contributed by atoms with van der Waals surface area (Å²) < 4.78 is 0. The van der Waals surface area contributed by atoms with Crippen LogP contribution in [-0.2, 0) is 6.42 Å². The topological polar surface area (TPSA) is 20.2 Å². The van der Waals surface area contributed by atoms with Gasteiger partial charge in [0, 0.05) is 0 Å². The van der Waals surface area contributed by atoms with Crippen molar-refractivity contribution < 1.29 is 5.11 Å². The van der Waals surface area contributed by atoms with Gasteiger partial charge in [-0.25, -0.2) is 0 Å². The average Bonchev–Trinajstić information content (AvgIpc) is 2.66. The van der Waals surface area contributed by atoms with E-state index in [0.29, 0.717) is 0 Å². The zero-order valence-electron chi connectivity index (χ0n) is 9.27. The first-order chi connectivity index (χ1) is 7.75. The summed E-state index contributed by atoms with van der Waals surface area (Å²) in [6, 6.07) is 14.8. The fourth-order valence-electron chi connectivity index (χ4n) is 2.42. The molecule has 0 saturated carbocycles. The number of aliphatic hydroxyl groups is 1. The van der Waals surface area contributed by atoms with Crippen LogP contribution in [0.1, 0.15) is 29.7 Å². The molecule has 0 bridgehead atoms. The minimum Gasteiger partial charge on any atom is -0.389 e. The summed E-state index contributed by atoms with van der Waals surface area (Å²) in [6.45, 7) is 1.81. The van der Waals surface area contributed by atoms with Gasteiger partial charge >= 0.3 is 0 Å². The van der Waals surface area contributed by atoms with E-state index in [1.807, 2.05) is 13.0 Å². The van der Waals surface area contributed by atoms with Crippen molar-refractivity contribution in [1.82, 2.24) is 0 Å². The number of fused-ring (bicyclic) bond motifs is 3. The van der Waals surface area contributed by atoms with Gasteiger partial charge in [-0.05, 0) is 41.2 Å². The van der Waals surface area contributed by atoms with Crippen LogP contribution in [0.25, 0.3) is 11.1 Å². The van der Waals surface area contributed by atoms with Crippen molar-refractivity contribution in [3.8, 4) is 11.1 Å². The Hall–Kier alpha value is -1.60. The molecule has 0 amide bonds. The Bertz CT molecular complexity index is 541. The number of hydrogen-bond donors (Lipinski definition) is 1. The Kier molecular flexibility index (Phi) is 2.08. The summed E-state index contributed by atoms with van der Waals surface area (Å²) in [6.07, 6.45) is 0.612. The van der Waals surface area contributed by atoms with Crippen LogP contribution in [-0.4, -0.2) is 5.11 Å². The smallest absolute Gasteiger partial charge is 0.0762 e. The molecule has 0 aliphatic heterocycles. The second-order valence-corrected chi connectivity index (χ2v) is 4.43. The Balaban J connectivity index is 2.14. The van der Waals surface area contributed by atoms with Crippen LogP contribution in [0, 0.1) is 0 Å². The quantitative estimate of drug-likeness (QED) is 0.653. The first-order valence-electron chi connectivity index (χ1n) is 5.65. The summed E-state index contributed by atoms with van der Waals surface area (Å²) in [5.74, 6) is 0. The molecule has 1 atom stereocenters. The van der Waals surface area contributed by atoms with Gasteiger partial charge in [-0.1, -0.05) is 42.5 Å². The summed E-state index contributed by atoms with van der Waals surface area (Å²) in [7, 11) is 0. The molecule has 0 fully saturated rings. The molecule has 1 N–H and O–H groups in total. The Labute approximate surface area is 95.4 Å². The molecule has 0 unspecified atom stereocenters. The van der Waals surface area contributed by atoms with E-state index in [2.05, 4.69) is 36.4 Å². The van der Waals surface area contributed by atoms with Gasteiger partial charge < -0.3 is 5.11 Å². The third-order valence-corrected chi connectivity index (χ3v) is 3.30. The van der Waals surface area contributed by atoms with Gasteiger partial charge in [-0.15, -0.1) is 0 Å². The van der Waals surface area contributed by atoms with Crippen LogP contribution in [0.2, 0.25) is 0 Å². The molecule has 80 valence electrons. The highest BCUT2D eigenvalue weighted by Gasteiger charge is 2.18. The molecule has 1 aliphatic rings. The van der Waals surface area contributed by atoms with Crippen LogP contribution >= 0.6 is 0 Å². The van der Waals surface area contributed by atoms with Crippen LogP contribution in [0.15, 0.2) is 42.5 Å². The normalized spacial score (nSPS) is 14.4. The fraction of sp³-hybridized carbons (Fsp3) is 0.200. The minimum absolute atomic E-state index is 0.381. The average molecular weight is 210 g/mol. The standard InChI is InChI=1S/C15H14O/c1-10(16)11-6-7-15-13(8-11)9-12-4-2-3-5-14(12)15/h2-8,10,16H,9H2,1H3/t10-/m1/s1. The second-order valence-electron chi connectivity index (χ2n) is 4.43. The second kappa shape index (κ2) is 3.46. The van der Waals surface area contributed by atoms with Gasteiger partial charge in [0.1, 0.15) is 0 Å². The van der Waals surface area contributed by atoms with E-state index in [1.165, 1.54) is 22.3 Å². The maximum absolute atomic E-state index is 9.57. The van der Waals surface area contributed by atoms with Crippen molar-refractivity contribution in [3.63, 3.8) is 0 Å². The van der Waals surface area contributed by atoms with Crippen molar-refractivity contribution in [2.24, 2.45) is 0 Å². The summed E-state index contributed by atoms with van der Waals surface area (Å²) in [4.78, 5) is 0. The molecule has 2 aromatic carbocycles. The molecule has 0 aromatic heterocycles. The van der Waals surface area contributed by atoms with E-state index in [9.17, 15) is 5.11 Å². The number of rotatable bonds is 1. The van der Waals surface area contributed by atoms with E-state index in [1.54, 1.807) is 0 Å². The summed E-state index contributed by atoms with van der Waals surface area (Å²) in [5, 5.41) is 9.57. The number of benzene rings is 2. The lowest BCUT2D eigenvalue weighted by Crippen LogP contribution is -1.92. The fourth-order valence-corrected chi connectivity index (χ4v) is 2.42. The van der Waals surface area contributed by atoms with Crippen molar-refractivity contribution in [2.75, 3.05) is 0 Å². The minimum atomic E-state index is -0.381. The molecule has 3 rings (SSSR count). The lowest BCUT2D eigenvalue weighted by Gasteiger charge is -2.07. The van der Waals surface area contributed by atoms with E-state index in [4.69, 9.17) is 0 Å². The Morgan fingerprint density at radius 1 is 1.00 bits per heavy atom. The zero-order chi connectivity index (χ0) is 11.1. The monoisotopic (exact) mass is 210 g/mol. The lowest BCUT2D eigenvalue weighted by atomic mass is 10.0. The van der Waals surface area contributed by atoms with Crippen molar-refractivity contribution in [1.29, 1.82) is 0 Å². The molecule has 2 aromatic rings. The van der Waals surface area contributed by atoms with E-state index < -0.39 is 0 Å². The lowest BCUT2D eigenvalue weighted by molar-refractivity contribution is 0.199. The SMILES string of the molecule is C[C@@H](O)c1ccc2c(c1)Cc1ccccc1-2. The van der Waals surface area contributed by atoms with E-state index >= 15 is 0 Å².